The molecular formula is C16H17ClFN3. The molecule has 2 aromatic rings. The summed E-state index contributed by atoms with van der Waals surface area (Å²) in [6.45, 7) is 0.700. The van der Waals surface area contributed by atoms with Gasteiger partial charge in [0.15, 0.2) is 0 Å². The molecule has 2 N–H and O–H groups in total. The first-order valence-electron chi connectivity index (χ1n) is 7.14. The second-order valence-electron chi connectivity index (χ2n) is 5.48. The minimum absolute atomic E-state index is 0.313. The van der Waals surface area contributed by atoms with Crippen LogP contribution in [-0.4, -0.2) is 16.5 Å². The number of halogens is 2. The molecule has 0 saturated carbocycles. The Morgan fingerprint density at radius 1 is 1.38 bits per heavy atom. The maximum atomic E-state index is 13.8. The van der Waals surface area contributed by atoms with Gasteiger partial charge in [0.2, 0.25) is 0 Å². The molecule has 0 radical (unpaired) electrons. The van der Waals surface area contributed by atoms with Crippen LogP contribution in [0.4, 0.5) is 4.39 Å². The average Bonchev–Trinajstić information content (AvgIpc) is 2.50. The molecule has 1 aromatic heterocycles. The van der Waals surface area contributed by atoms with Crippen molar-refractivity contribution in [3.63, 3.8) is 0 Å². The minimum atomic E-state index is -0.313. The Balaban J connectivity index is 1.85. The molecule has 1 unspecified atom stereocenters. The van der Waals surface area contributed by atoms with Crippen molar-refractivity contribution in [1.29, 1.82) is 0 Å². The smallest absolute Gasteiger partial charge is 0.133 e. The van der Waals surface area contributed by atoms with Crippen LogP contribution < -0.4 is 5.73 Å². The van der Waals surface area contributed by atoms with E-state index in [0.717, 1.165) is 25.0 Å². The van der Waals surface area contributed by atoms with E-state index in [1.165, 1.54) is 11.6 Å². The first-order valence-corrected chi connectivity index (χ1v) is 7.51. The molecule has 1 heterocycles. The number of nitrogens with two attached hydrogens (primary N) is 1. The van der Waals surface area contributed by atoms with Crippen molar-refractivity contribution < 1.29 is 4.39 Å². The van der Waals surface area contributed by atoms with E-state index in [4.69, 9.17) is 17.3 Å². The van der Waals surface area contributed by atoms with Crippen LogP contribution in [-0.2, 0) is 19.3 Å². The van der Waals surface area contributed by atoms with Crippen LogP contribution in [0.2, 0.25) is 5.02 Å². The van der Waals surface area contributed by atoms with Crippen LogP contribution in [0.15, 0.2) is 24.4 Å². The third-order valence-corrected chi connectivity index (χ3v) is 4.39. The van der Waals surface area contributed by atoms with Gasteiger partial charge in [0.25, 0.3) is 0 Å². The second-order valence-corrected chi connectivity index (χ2v) is 5.89. The number of fused-ring (bicyclic) bond motifs is 1. The molecule has 110 valence electrons. The van der Waals surface area contributed by atoms with Gasteiger partial charge in [-0.3, -0.25) is 0 Å². The molecule has 0 spiro atoms. The van der Waals surface area contributed by atoms with E-state index in [1.54, 1.807) is 12.1 Å². The number of aryl methyl sites for hydroxylation is 1. The molecule has 3 nitrogen and oxygen atoms in total. The van der Waals surface area contributed by atoms with Gasteiger partial charge in [0, 0.05) is 28.9 Å². The highest BCUT2D eigenvalue weighted by molar-refractivity contribution is 6.31. The molecule has 0 fully saturated rings. The second kappa shape index (κ2) is 6.08. The predicted octanol–water partition coefficient (Wildman–Crippen LogP) is 2.92. The van der Waals surface area contributed by atoms with Gasteiger partial charge in [-0.05, 0) is 49.4 Å². The summed E-state index contributed by atoms with van der Waals surface area (Å²) >= 11 is 6.05. The first-order chi connectivity index (χ1) is 10.2. The molecule has 1 atom stereocenters. The van der Waals surface area contributed by atoms with E-state index in [0.29, 0.717) is 35.3 Å². The Bertz CT molecular complexity index is 640. The molecule has 0 bridgehead atoms. The maximum Gasteiger partial charge on any atom is 0.133 e. The lowest BCUT2D eigenvalue weighted by atomic mass is 9.87. The van der Waals surface area contributed by atoms with Gasteiger partial charge in [-0.25, -0.2) is 14.4 Å². The normalized spacial score (nSPS) is 17.6. The highest BCUT2D eigenvalue weighted by atomic mass is 35.5. The number of nitrogens with zero attached hydrogens (tertiary/aromatic N) is 2. The van der Waals surface area contributed by atoms with Crippen molar-refractivity contribution in [1.82, 2.24) is 9.97 Å². The van der Waals surface area contributed by atoms with Crippen molar-refractivity contribution in [3.05, 3.63) is 57.9 Å². The quantitative estimate of drug-likeness (QED) is 0.948. The van der Waals surface area contributed by atoms with Gasteiger partial charge in [0.1, 0.15) is 11.6 Å². The minimum Gasteiger partial charge on any atom is -0.330 e. The van der Waals surface area contributed by atoms with E-state index >= 15 is 0 Å². The summed E-state index contributed by atoms with van der Waals surface area (Å²) in [5.74, 6) is 0.826. The molecule has 1 aliphatic carbocycles. The number of hydrogen-bond acceptors (Lipinski definition) is 3. The summed E-state index contributed by atoms with van der Waals surface area (Å²) in [6, 6.07) is 4.69. The summed E-state index contributed by atoms with van der Waals surface area (Å²) < 4.78 is 13.8. The zero-order valence-electron chi connectivity index (χ0n) is 11.6. The van der Waals surface area contributed by atoms with Crippen LogP contribution in [0.3, 0.4) is 0 Å². The Hall–Kier alpha value is -1.52. The fourth-order valence-corrected chi connectivity index (χ4v) is 3.00. The summed E-state index contributed by atoms with van der Waals surface area (Å²) in [4.78, 5) is 8.94. The number of hydrogen-bond donors (Lipinski definition) is 1. The van der Waals surface area contributed by atoms with E-state index in [2.05, 4.69) is 9.97 Å². The van der Waals surface area contributed by atoms with E-state index in [1.807, 2.05) is 6.20 Å². The molecule has 5 heteroatoms. The zero-order valence-corrected chi connectivity index (χ0v) is 12.4. The van der Waals surface area contributed by atoms with Gasteiger partial charge in [-0.1, -0.05) is 17.7 Å². The highest BCUT2D eigenvalue weighted by Crippen LogP contribution is 2.25. The lowest BCUT2D eigenvalue weighted by molar-refractivity contribution is 0.460. The maximum absolute atomic E-state index is 13.8. The summed E-state index contributed by atoms with van der Waals surface area (Å²) in [7, 11) is 0. The zero-order chi connectivity index (χ0) is 14.8. The number of aromatic nitrogens is 2. The Morgan fingerprint density at radius 2 is 2.24 bits per heavy atom. The van der Waals surface area contributed by atoms with E-state index < -0.39 is 0 Å². The standard InChI is InChI=1S/C16H17ClFN3/c17-13-2-1-3-14(18)12(13)7-16-20-9-11-6-10(8-19)4-5-15(11)21-16/h1-3,9-10H,4-8,19H2. The lowest BCUT2D eigenvalue weighted by Crippen LogP contribution is -2.23. The SMILES string of the molecule is NCC1CCc2nc(Cc3c(F)cccc3Cl)ncc2C1. The summed E-state index contributed by atoms with van der Waals surface area (Å²) in [5, 5.41) is 0.416. The number of benzene rings is 1. The fourth-order valence-electron chi connectivity index (χ4n) is 2.77. The van der Waals surface area contributed by atoms with Crippen LogP contribution in [0.1, 0.15) is 29.1 Å². The molecule has 21 heavy (non-hydrogen) atoms. The summed E-state index contributed by atoms with van der Waals surface area (Å²) in [5.41, 5.74) is 8.42. The topological polar surface area (TPSA) is 51.8 Å². The van der Waals surface area contributed by atoms with Gasteiger partial charge >= 0.3 is 0 Å². The van der Waals surface area contributed by atoms with E-state index in [-0.39, 0.29) is 5.82 Å². The largest absolute Gasteiger partial charge is 0.330 e. The van der Waals surface area contributed by atoms with E-state index in [9.17, 15) is 4.39 Å². The van der Waals surface area contributed by atoms with Crippen LogP contribution in [0, 0.1) is 11.7 Å². The van der Waals surface area contributed by atoms with Crippen molar-refractivity contribution in [2.45, 2.75) is 25.7 Å². The third-order valence-electron chi connectivity index (χ3n) is 4.03. The molecule has 3 rings (SSSR count). The van der Waals surface area contributed by atoms with Crippen molar-refractivity contribution in [3.8, 4) is 0 Å². The van der Waals surface area contributed by atoms with Gasteiger partial charge in [-0.2, -0.15) is 0 Å². The van der Waals surface area contributed by atoms with Crippen LogP contribution in [0.5, 0.6) is 0 Å². The third kappa shape index (κ3) is 3.06. The van der Waals surface area contributed by atoms with Crippen molar-refractivity contribution in [2.75, 3.05) is 6.54 Å². The Kier molecular flexibility index (Phi) is 4.17. The fraction of sp³-hybridized carbons (Fsp3) is 0.375. The lowest BCUT2D eigenvalue weighted by Gasteiger charge is -2.22. The Labute approximate surface area is 128 Å². The molecule has 1 aromatic carbocycles. The molecule has 1 aliphatic rings. The molecule has 0 amide bonds. The monoisotopic (exact) mass is 305 g/mol. The highest BCUT2D eigenvalue weighted by Gasteiger charge is 2.20. The van der Waals surface area contributed by atoms with Crippen molar-refractivity contribution >= 4 is 11.6 Å². The van der Waals surface area contributed by atoms with Gasteiger partial charge in [0.05, 0.1) is 0 Å². The van der Waals surface area contributed by atoms with Crippen molar-refractivity contribution in [2.24, 2.45) is 11.7 Å². The molecular weight excluding hydrogens is 289 g/mol. The van der Waals surface area contributed by atoms with Crippen LogP contribution in [0.25, 0.3) is 0 Å². The predicted molar refractivity (Wildman–Crippen MR) is 80.8 cm³/mol. The Morgan fingerprint density at radius 3 is 3.00 bits per heavy atom. The summed E-state index contributed by atoms with van der Waals surface area (Å²) in [6.07, 6.45) is 5.08. The molecule has 0 saturated heterocycles. The first kappa shape index (κ1) is 14.4. The molecule has 0 aliphatic heterocycles. The number of rotatable bonds is 3. The van der Waals surface area contributed by atoms with Gasteiger partial charge in [-0.15, -0.1) is 0 Å². The average molecular weight is 306 g/mol. The van der Waals surface area contributed by atoms with Gasteiger partial charge < -0.3 is 5.73 Å². The van der Waals surface area contributed by atoms with Crippen LogP contribution >= 0.6 is 11.6 Å².